The molecule has 1 fully saturated rings. The third-order valence-corrected chi connectivity index (χ3v) is 4.48. The number of thiazole rings is 1. The predicted octanol–water partition coefficient (Wildman–Crippen LogP) is 2.65. The summed E-state index contributed by atoms with van der Waals surface area (Å²) in [6.45, 7) is 7.29. The van der Waals surface area contributed by atoms with Gasteiger partial charge < -0.3 is 4.90 Å². The van der Waals surface area contributed by atoms with Gasteiger partial charge in [-0.3, -0.25) is 4.79 Å². The van der Waals surface area contributed by atoms with Gasteiger partial charge in [-0.05, 0) is 33.1 Å². The number of hydrogen-bond acceptors (Lipinski definition) is 3. The van der Waals surface area contributed by atoms with E-state index in [9.17, 15) is 4.79 Å². The number of carbonyl (C=O) groups excluding carboxylic acids is 1. The molecule has 1 amide bonds. The van der Waals surface area contributed by atoms with E-state index in [0.717, 1.165) is 36.5 Å². The van der Waals surface area contributed by atoms with E-state index in [-0.39, 0.29) is 11.4 Å². The fourth-order valence-corrected chi connectivity index (χ4v) is 3.16. The number of aryl methyl sites for hydroxylation is 1. The van der Waals surface area contributed by atoms with Crippen LogP contribution >= 0.6 is 11.3 Å². The third-order valence-electron chi connectivity index (χ3n) is 3.44. The van der Waals surface area contributed by atoms with E-state index in [2.05, 4.69) is 25.8 Å². The molecule has 0 spiro atoms. The molecule has 0 unspecified atom stereocenters. The lowest BCUT2D eigenvalue weighted by Crippen LogP contribution is -2.43. The Hall–Kier alpha value is -0.900. The first-order valence-corrected chi connectivity index (χ1v) is 7.14. The first kappa shape index (κ1) is 12.6. The van der Waals surface area contributed by atoms with Crippen LogP contribution in [-0.4, -0.2) is 27.9 Å². The molecular formula is C13H20N2OS. The van der Waals surface area contributed by atoms with Crippen LogP contribution in [0.2, 0.25) is 0 Å². The summed E-state index contributed by atoms with van der Waals surface area (Å²) in [4.78, 5) is 18.7. The summed E-state index contributed by atoms with van der Waals surface area (Å²) in [5, 5.41) is 3.13. The van der Waals surface area contributed by atoms with E-state index in [1.165, 1.54) is 0 Å². The average Bonchev–Trinajstić information content (AvgIpc) is 2.84. The topological polar surface area (TPSA) is 33.2 Å². The van der Waals surface area contributed by atoms with E-state index in [1.54, 1.807) is 11.3 Å². The molecule has 3 nitrogen and oxygen atoms in total. The molecule has 0 aromatic carbocycles. The fraction of sp³-hybridized carbons (Fsp3) is 0.692. The maximum Gasteiger partial charge on any atom is 0.229 e. The van der Waals surface area contributed by atoms with Crippen molar-refractivity contribution in [3.8, 4) is 0 Å². The Morgan fingerprint density at radius 1 is 1.59 bits per heavy atom. The van der Waals surface area contributed by atoms with Crippen LogP contribution in [0, 0.1) is 0 Å². The molecule has 0 saturated carbocycles. The van der Waals surface area contributed by atoms with Crippen molar-refractivity contribution in [2.45, 2.75) is 52.0 Å². The maximum atomic E-state index is 12.2. The molecule has 0 radical (unpaired) electrons. The fourth-order valence-electron chi connectivity index (χ4n) is 2.41. The Balaban J connectivity index is 2.01. The highest BCUT2D eigenvalue weighted by molar-refractivity contribution is 7.09. The van der Waals surface area contributed by atoms with Crippen LogP contribution < -0.4 is 0 Å². The minimum atomic E-state index is 0.0285. The van der Waals surface area contributed by atoms with Gasteiger partial charge in [-0.25, -0.2) is 4.98 Å². The highest BCUT2D eigenvalue weighted by Crippen LogP contribution is 2.28. The van der Waals surface area contributed by atoms with Gasteiger partial charge in [0, 0.05) is 17.5 Å². The van der Waals surface area contributed by atoms with Crippen LogP contribution in [0.15, 0.2) is 5.38 Å². The standard InChI is InChI=1S/C13H20N2OS/c1-4-11-14-10(9-17-11)8-12(16)15-7-5-6-13(15,2)3/h9H,4-8H2,1-3H3. The second-order valence-electron chi connectivity index (χ2n) is 5.22. The van der Waals surface area contributed by atoms with Gasteiger partial charge in [0.2, 0.25) is 5.91 Å². The van der Waals surface area contributed by atoms with Crippen LogP contribution in [0.5, 0.6) is 0 Å². The molecule has 2 heterocycles. The number of likely N-dealkylation sites (tertiary alicyclic amines) is 1. The molecule has 0 N–H and O–H groups in total. The molecular weight excluding hydrogens is 232 g/mol. The third kappa shape index (κ3) is 2.68. The number of hydrogen-bond donors (Lipinski definition) is 0. The van der Waals surface area contributed by atoms with Crippen LogP contribution in [0.25, 0.3) is 0 Å². The van der Waals surface area contributed by atoms with E-state index in [0.29, 0.717) is 6.42 Å². The maximum absolute atomic E-state index is 12.2. The first-order valence-electron chi connectivity index (χ1n) is 6.26. The van der Waals surface area contributed by atoms with Crippen molar-refractivity contribution in [1.82, 2.24) is 9.88 Å². The lowest BCUT2D eigenvalue weighted by Gasteiger charge is -2.31. The lowest BCUT2D eigenvalue weighted by atomic mass is 10.0. The predicted molar refractivity (Wildman–Crippen MR) is 70.2 cm³/mol. The second-order valence-corrected chi connectivity index (χ2v) is 6.17. The van der Waals surface area contributed by atoms with Crippen molar-refractivity contribution in [1.29, 1.82) is 0 Å². The highest BCUT2D eigenvalue weighted by Gasteiger charge is 2.35. The Labute approximate surface area is 107 Å². The normalized spacial score (nSPS) is 18.6. The Morgan fingerprint density at radius 2 is 2.35 bits per heavy atom. The van der Waals surface area contributed by atoms with E-state index >= 15 is 0 Å². The summed E-state index contributed by atoms with van der Waals surface area (Å²) in [5.41, 5.74) is 0.959. The largest absolute Gasteiger partial charge is 0.337 e. The molecule has 4 heteroatoms. The number of rotatable bonds is 3. The number of amides is 1. The molecule has 0 atom stereocenters. The number of carbonyl (C=O) groups is 1. The quantitative estimate of drug-likeness (QED) is 0.828. The zero-order valence-electron chi connectivity index (χ0n) is 10.8. The average molecular weight is 252 g/mol. The van der Waals surface area contributed by atoms with Gasteiger partial charge in [0.25, 0.3) is 0 Å². The molecule has 1 aliphatic rings. The molecule has 0 bridgehead atoms. The van der Waals surface area contributed by atoms with Crippen LogP contribution in [-0.2, 0) is 17.6 Å². The molecule has 1 saturated heterocycles. The Bertz CT molecular complexity index is 411. The van der Waals surface area contributed by atoms with Crippen molar-refractivity contribution < 1.29 is 4.79 Å². The van der Waals surface area contributed by atoms with Crippen molar-refractivity contribution in [2.75, 3.05) is 6.54 Å². The smallest absolute Gasteiger partial charge is 0.229 e. The van der Waals surface area contributed by atoms with E-state index in [4.69, 9.17) is 0 Å². The summed E-state index contributed by atoms with van der Waals surface area (Å²) in [5.74, 6) is 0.223. The van der Waals surface area contributed by atoms with Crippen molar-refractivity contribution >= 4 is 17.2 Å². The summed E-state index contributed by atoms with van der Waals surface area (Å²) < 4.78 is 0. The highest BCUT2D eigenvalue weighted by atomic mass is 32.1. The van der Waals surface area contributed by atoms with Crippen molar-refractivity contribution in [2.24, 2.45) is 0 Å². The zero-order valence-corrected chi connectivity index (χ0v) is 11.6. The molecule has 17 heavy (non-hydrogen) atoms. The molecule has 1 aromatic heterocycles. The minimum absolute atomic E-state index is 0.0285. The zero-order chi connectivity index (χ0) is 12.5. The van der Waals surface area contributed by atoms with Crippen LogP contribution in [0.4, 0.5) is 0 Å². The monoisotopic (exact) mass is 252 g/mol. The minimum Gasteiger partial charge on any atom is -0.337 e. The van der Waals surface area contributed by atoms with Crippen LogP contribution in [0.3, 0.4) is 0 Å². The SMILES string of the molecule is CCc1nc(CC(=O)N2CCCC2(C)C)cs1. The van der Waals surface area contributed by atoms with Gasteiger partial charge in [-0.2, -0.15) is 0 Å². The summed E-state index contributed by atoms with van der Waals surface area (Å²) in [6, 6.07) is 0. The lowest BCUT2D eigenvalue weighted by molar-refractivity contribution is -0.133. The number of nitrogens with zero attached hydrogens (tertiary/aromatic N) is 2. The van der Waals surface area contributed by atoms with Gasteiger partial charge in [0.05, 0.1) is 17.1 Å². The summed E-state index contributed by atoms with van der Waals surface area (Å²) in [7, 11) is 0. The van der Waals surface area contributed by atoms with Gasteiger partial charge >= 0.3 is 0 Å². The first-order chi connectivity index (χ1) is 8.03. The molecule has 1 aromatic rings. The van der Waals surface area contributed by atoms with Gasteiger partial charge in [0.1, 0.15) is 0 Å². The van der Waals surface area contributed by atoms with E-state index in [1.807, 2.05) is 10.3 Å². The molecule has 2 rings (SSSR count). The Morgan fingerprint density at radius 3 is 2.88 bits per heavy atom. The summed E-state index contributed by atoms with van der Waals surface area (Å²) >= 11 is 1.65. The Kier molecular flexibility index (Phi) is 3.52. The van der Waals surface area contributed by atoms with Gasteiger partial charge in [0.15, 0.2) is 0 Å². The van der Waals surface area contributed by atoms with Crippen molar-refractivity contribution in [3.63, 3.8) is 0 Å². The molecule has 0 aliphatic carbocycles. The number of aromatic nitrogens is 1. The summed E-state index contributed by atoms with van der Waals surface area (Å²) in [6.07, 6.45) is 3.64. The van der Waals surface area contributed by atoms with Crippen LogP contribution in [0.1, 0.15) is 44.3 Å². The van der Waals surface area contributed by atoms with E-state index < -0.39 is 0 Å². The molecule has 94 valence electrons. The van der Waals surface area contributed by atoms with Crippen molar-refractivity contribution in [3.05, 3.63) is 16.1 Å². The van der Waals surface area contributed by atoms with Gasteiger partial charge in [-0.15, -0.1) is 11.3 Å². The van der Waals surface area contributed by atoms with Gasteiger partial charge in [-0.1, -0.05) is 6.92 Å². The second kappa shape index (κ2) is 4.77. The molecule has 1 aliphatic heterocycles.